The summed E-state index contributed by atoms with van der Waals surface area (Å²) in [7, 11) is 0. The minimum absolute atomic E-state index is 0.0548. The molecule has 0 aliphatic rings. The maximum atomic E-state index is 11.1. The van der Waals surface area contributed by atoms with E-state index in [1.54, 1.807) is 12.1 Å². The second-order valence-corrected chi connectivity index (χ2v) is 5.40. The number of aromatic amines is 1. The van der Waals surface area contributed by atoms with E-state index in [1.165, 1.54) is 0 Å². The summed E-state index contributed by atoms with van der Waals surface area (Å²) in [5.41, 5.74) is 1.00. The van der Waals surface area contributed by atoms with Crippen LogP contribution in [0.1, 0.15) is 10.4 Å². The van der Waals surface area contributed by atoms with Gasteiger partial charge in [-0.25, -0.2) is 0 Å². The highest BCUT2D eigenvalue weighted by Gasteiger charge is 2.08. The Hall–Kier alpha value is -2.27. The Balaban J connectivity index is 1.99. The van der Waals surface area contributed by atoms with E-state index in [1.807, 2.05) is 24.3 Å². The molecular formula is C14H11NO3S. The van der Waals surface area contributed by atoms with Gasteiger partial charge in [-0.3, -0.25) is 9.78 Å². The van der Waals surface area contributed by atoms with E-state index in [0.717, 1.165) is 27.7 Å². The predicted molar refractivity (Wildman–Crippen MR) is 75.0 cm³/mol. The van der Waals surface area contributed by atoms with Gasteiger partial charge in [-0.2, -0.15) is 0 Å². The molecule has 5 heteroatoms. The average Bonchev–Trinajstić information content (AvgIpc) is 2.68. The minimum Gasteiger partial charge on any atom is -0.508 e. The van der Waals surface area contributed by atoms with Gasteiger partial charge in [0.25, 0.3) is 0 Å². The van der Waals surface area contributed by atoms with Crippen molar-refractivity contribution in [3.8, 4) is 11.6 Å². The second kappa shape index (κ2) is 4.44. The summed E-state index contributed by atoms with van der Waals surface area (Å²) in [6.45, 7) is 0. The fourth-order valence-electron chi connectivity index (χ4n) is 2.05. The van der Waals surface area contributed by atoms with Crippen molar-refractivity contribution in [3.63, 3.8) is 0 Å². The van der Waals surface area contributed by atoms with E-state index in [4.69, 9.17) is 0 Å². The molecule has 0 unspecified atom stereocenters. The molecule has 4 nitrogen and oxygen atoms in total. The summed E-state index contributed by atoms with van der Waals surface area (Å²) in [5, 5.41) is 20.9. The first-order chi connectivity index (χ1) is 9.11. The van der Waals surface area contributed by atoms with E-state index < -0.39 is 0 Å². The zero-order valence-corrected chi connectivity index (χ0v) is 10.7. The molecule has 0 saturated heterocycles. The summed E-state index contributed by atoms with van der Waals surface area (Å²) in [4.78, 5) is 13.9. The molecule has 3 N–H and O–H groups in total. The topological polar surface area (TPSA) is 73.3 Å². The van der Waals surface area contributed by atoms with Crippen molar-refractivity contribution < 1.29 is 10.2 Å². The summed E-state index contributed by atoms with van der Waals surface area (Å²) in [6.07, 6.45) is 0.506. The van der Waals surface area contributed by atoms with E-state index in [9.17, 15) is 15.0 Å². The lowest BCUT2D eigenvalue weighted by Crippen LogP contribution is -1.89. The minimum atomic E-state index is -0.252. The Morgan fingerprint density at radius 2 is 1.79 bits per heavy atom. The first kappa shape index (κ1) is 11.8. The Labute approximate surface area is 112 Å². The van der Waals surface area contributed by atoms with E-state index >= 15 is 0 Å². The maximum absolute atomic E-state index is 11.1. The quantitative estimate of drug-likeness (QED) is 0.672. The zero-order valence-electron chi connectivity index (χ0n) is 9.88. The van der Waals surface area contributed by atoms with Gasteiger partial charge in [0.2, 0.25) is 5.88 Å². The molecule has 0 aliphatic heterocycles. The number of rotatable bonds is 2. The Morgan fingerprint density at radius 1 is 1.05 bits per heavy atom. The molecule has 0 atom stereocenters. The van der Waals surface area contributed by atoms with Gasteiger partial charge in [0.05, 0.1) is 4.88 Å². The smallest absolute Gasteiger partial charge is 0.307 e. The molecule has 0 aliphatic carbocycles. The third-order valence-corrected chi connectivity index (χ3v) is 3.82. The highest BCUT2D eigenvalue weighted by atomic mass is 32.1. The summed E-state index contributed by atoms with van der Waals surface area (Å²) in [5.74, 6) is 0.183. The highest BCUT2D eigenvalue weighted by molar-refractivity contribution is 7.09. The van der Waals surface area contributed by atoms with Crippen LogP contribution in [0.4, 0.5) is 0 Å². The number of phenolic OH excluding ortho intramolecular Hbond substituents is 1. The van der Waals surface area contributed by atoms with Crippen molar-refractivity contribution in [1.82, 2.24) is 4.98 Å². The number of aromatic hydroxyl groups is 2. The van der Waals surface area contributed by atoms with Crippen molar-refractivity contribution in [2.75, 3.05) is 0 Å². The zero-order chi connectivity index (χ0) is 13.4. The van der Waals surface area contributed by atoms with Crippen molar-refractivity contribution in [2.24, 2.45) is 0 Å². The standard InChI is InChI=1S/C14H11NO3S/c16-11-4-3-9-5-8(1-2-10(9)7-11)6-12-13(17)15-14(18)19-12/h1-5,7,16-17H,6H2,(H,15,18). The molecule has 0 amide bonds. The number of phenols is 1. The first-order valence-electron chi connectivity index (χ1n) is 5.74. The molecule has 0 radical (unpaired) electrons. The number of H-pyrrole nitrogens is 1. The lowest BCUT2D eigenvalue weighted by molar-refractivity contribution is 0.451. The molecule has 96 valence electrons. The van der Waals surface area contributed by atoms with Crippen LogP contribution in [0.25, 0.3) is 10.8 Å². The molecule has 19 heavy (non-hydrogen) atoms. The van der Waals surface area contributed by atoms with Crippen LogP contribution in [0.5, 0.6) is 11.6 Å². The van der Waals surface area contributed by atoms with Crippen molar-refractivity contribution in [3.05, 3.63) is 56.5 Å². The predicted octanol–water partition coefficient (Wildman–Crippen LogP) is 2.59. The molecule has 1 aromatic heterocycles. The molecule has 1 heterocycles. The van der Waals surface area contributed by atoms with Crippen LogP contribution in [0.2, 0.25) is 0 Å². The monoisotopic (exact) mass is 273 g/mol. The van der Waals surface area contributed by atoms with Crippen LogP contribution in [0, 0.1) is 0 Å². The molecule has 0 fully saturated rings. The van der Waals surface area contributed by atoms with Gasteiger partial charge in [0, 0.05) is 6.42 Å². The number of thiazole rings is 1. The third kappa shape index (κ3) is 2.32. The van der Waals surface area contributed by atoms with E-state index in [2.05, 4.69) is 4.98 Å². The maximum Gasteiger partial charge on any atom is 0.307 e. The van der Waals surface area contributed by atoms with Gasteiger partial charge in [-0.1, -0.05) is 35.6 Å². The van der Waals surface area contributed by atoms with Gasteiger partial charge in [-0.15, -0.1) is 0 Å². The normalized spacial score (nSPS) is 10.9. The van der Waals surface area contributed by atoms with Crippen LogP contribution >= 0.6 is 11.3 Å². The Morgan fingerprint density at radius 3 is 2.53 bits per heavy atom. The summed E-state index contributed by atoms with van der Waals surface area (Å²) >= 11 is 1.02. The van der Waals surface area contributed by atoms with Crippen LogP contribution in [-0.2, 0) is 6.42 Å². The van der Waals surface area contributed by atoms with Crippen LogP contribution < -0.4 is 4.87 Å². The highest BCUT2D eigenvalue weighted by Crippen LogP contribution is 2.24. The molecule has 0 spiro atoms. The molecule has 2 aromatic carbocycles. The number of benzene rings is 2. The van der Waals surface area contributed by atoms with Gasteiger partial charge < -0.3 is 10.2 Å². The number of hydrogen-bond acceptors (Lipinski definition) is 4. The van der Waals surface area contributed by atoms with E-state index in [-0.39, 0.29) is 16.5 Å². The van der Waals surface area contributed by atoms with Crippen LogP contribution in [-0.4, -0.2) is 15.2 Å². The van der Waals surface area contributed by atoms with Gasteiger partial charge in [0.15, 0.2) is 0 Å². The molecule has 0 saturated carbocycles. The fraction of sp³-hybridized carbons (Fsp3) is 0.0714. The van der Waals surface area contributed by atoms with Gasteiger partial charge in [-0.05, 0) is 28.5 Å². The van der Waals surface area contributed by atoms with Crippen LogP contribution in [0.15, 0.2) is 41.2 Å². The largest absolute Gasteiger partial charge is 0.508 e. The van der Waals surface area contributed by atoms with Crippen molar-refractivity contribution in [2.45, 2.75) is 6.42 Å². The average molecular weight is 273 g/mol. The molecular weight excluding hydrogens is 262 g/mol. The number of fused-ring (bicyclic) bond motifs is 1. The lowest BCUT2D eigenvalue weighted by atomic mass is 10.0. The summed E-state index contributed by atoms with van der Waals surface area (Å²) < 4.78 is 0. The van der Waals surface area contributed by atoms with Crippen LogP contribution in [0.3, 0.4) is 0 Å². The molecule has 3 aromatic rings. The van der Waals surface area contributed by atoms with Crippen molar-refractivity contribution in [1.29, 1.82) is 0 Å². The third-order valence-electron chi connectivity index (χ3n) is 2.95. The second-order valence-electron chi connectivity index (χ2n) is 4.33. The number of aromatic nitrogens is 1. The number of nitrogens with one attached hydrogen (secondary N) is 1. The molecule has 0 bridgehead atoms. The lowest BCUT2D eigenvalue weighted by Gasteiger charge is -2.03. The van der Waals surface area contributed by atoms with Gasteiger partial charge in [0.1, 0.15) is 5.75 Å². The fourth-order valence-corrected chi connectivity index (χ4v) is 2.81. The Kier molecular flexibility index (Phi) is 2.76. The van der Waals surface area contributed by atoms with E-state index in [0.29, 0.717) is 11.3 Å². The van der Waals surface area contributed by atoms with Crippen molar-refractivity contribution >= 4 is 22.1 Å². The number of hydrogen-bond donors (Lipinski definition) is 3. The Bertz CT molecular complexity index is 804. The SMILES string of the molecule is O=c1[nH]c(O)c(Cc2ccc3cc(O)ccc3c2)s1. The van der Waals surface area contributed by atoms with Gasteiger partial charge >= 0.3 is 4.87 Å². The first-order valence-corrected chi connectivity index (χ1v) is 6.56. The summed E-state index contributed by atoms with van der Waals surface area (Å²) in [6, 6.07) is 11.0. The molecule has 3 rings (SSSR count).